The lowest BCUT2D eigenvalue weighted by Gasteiger charge is -2.48. The van der Waals surface area contributed by atoms with Crippen molar-refractivity contribution in [2.45, 2.75) is 97.4 Å². The van der Waals surface area contributed by atoms with E-state index in [4.69, 9.17) is 0 Å². The third kappa shape index (κ3) is 3.95. The van der Waals surface area contributed by atoms with Gasteiger partial charge in [-0.25, -0.2) is 0 Å². The molecule has 0 radical (unpaired) electrons. The Morgan fingerprint density at radius 3 is 2.50 bits per heavy atom. The van der Waals surface area contributed by atoms with Crippen LogP contribution in [0.4, 0.5) is 0 Å². The highest BCUT2D eigenvalue weighted by atomic mass is 16.3. The van der Waals surface area contributed by atoms with E-state index in [1.54, 1.807) is 0 Å². The van der Waals surface area contributed by atoms with Gasteiger partial charge in [0, 0.05) is 23.9 Å². The number of phenolic OH excluding ortho intramolecular Hbond substituents is 1. The van der Waals surface area contributed by atoms with E-state index in [9.17, 15) is 9.90 Å². The zero-order chi connectivity index (χ0) is 21.3. The maximum absolute atomic E-state index is 12.6. The summed E-state index contributed by atoms with van der Waals surface area (Å²) >= 11 is 0. The minimum atomic E-state index is -0.0600. The fraction of sp³-hybridized carbons (Fsp3) is 0.741. The Balaban J connectivity index is 1.57. The Morgan fingerprint density at radius 1 is 1.07 bits per heavy atom. The van der Waals surface area contributed by atoms with Crippen molar-refractivity contribution in [3.63, 3.8) is 0 Å². The summed E-state index contributed by atoms with van der Waals surface area (Å²) in [6.45, 7) is 9.83. The Labute approximate surface area is 183 Å². The van der Waals surface area contributed by atoms with Gasteiger partial charge in [-0.1, -0.05) is 39.7 Å². The van der Waals surface area contributed by atoms with Gasteiger partial charge >= 0.3 is 0 Å². The first kappa shape index (κ1) is 21.9. The molecule has 166 valence electrons. The maximum atomic E-state index is 12.6. The first-order chi connectivity index (χ1) is 14.5. The SMILES string of the molecule is CCCCN(CCCC)Cc1cc2c(cc1O)CCC1C2CCC2(C)C(=O)CCC12. The molecule has 3 nitrogen and oxygen atoms in total. The van der Waals surface area contributed by atoms with Crippen LogP contribution in [0, 0.1) is 17.3 Å². The number of hydrogen-bond donors (Lipinski definition) is 1. The molecular weight excluding hydrogens is 370 g/mol. The number of benzene rings is 1. The quantitative estimate of drug-likeness (QED) is 0.552. The lowest BCUT2D eigenvalue weighted by Crippen LogP contribution is -2.42. The summed E-state index contributed by atoms with van der Waals surface area (Å²) in [6, 6.07) is 4.43. The highest BCUT2D eigenvalue weighted by Gasteiger charge is 2.54. The molecule has 4 unspecified atom stereocenters. The van der Waals surface area contributed by atoms with Crippen LogP contribution in [0.5, 0.6) is 5.75 Å². The molecule has 0 heterocycles. The summed E-state index contributed by atoms with van der Waals surface area (Å²) < 4.78 is 0. The molecule has 0 saturated heterocycles. The summed E-state index contributed by atoms with van der Waals surface area (Å²) in [5.74, 6) is 2.81. The average Bonchev–Trinajstić information content (AvgIpc) is 3.05. The van der Waals surface area contributed by atoms with Crippen molar-refractivity contribution in [2.24, 2.45) is 17.3 Å². The van der Waals surface area contributed by atoms with E-state index < -0.39 is 0 Å². The molecule has 0 aliphatic heterocycles. The molecule has 1 aromatic rings. The topological polar surface area (TPSA) is 40.5 Å². The Kier molecular flexibility index (Phi) is 6.58. The number of ketones is 1. The summed E-state index contributed by atoms with van der Waals surface area (Å²) in [7, 11) is 0. The van der Waals surface area contributed by atoms with E-state index in [0.717, 1.165) is 57.3 Å². The first-order valence-corrected chi connectivity index (χ1v) is 12.6. The van der Waals surface area contributed by atoms with Crippen molar-refractivity contribution in [3.05, 3.63) is 28.8 Å². The molecule has 4 rings (SSSR count). The van der Waals surface area contributed by atoms with Gasteiger partial charge in [-0.15, -0.1) is 0 Å². The van der Waals surface area contributed by atoms with Crippen LogP contribution in [0.1, 0.15) is 101 Å². The summed E-state index contributed by atoms with van der Waals surface area (Å²) in [5, 5.41) is 10.8. The predicted octanol–water partition coefficient (Wildman–Crippen LogP) is 6.22. The summed E-state index contributed by atoms with van der Waals surface area (Å²) in [4.78, 5) is 15.1. The Bertz CT molecular complexity index is 764. The lowest BCUT2D eigenvalue weighted by atomic mass is 9.55. The molecule has 2 saturated carbocycles. The van der Waals surface area contributed by atoms with Crippen molar-refractivity contribution in [2.75, 3.05) is 13.1 Å². The molecule has 30 heavy (non-hydrogen) atoms. The number of carbonyl (C=O) groups excluding carboxylic acids is 1. The number of nitrogens with zero attached hydrogens (tertiary/aromatic N) is 1. The van der Waals surface area contributed by atoms with Crippen LogP contribution in [0.3, 0.4) is 0 Å². The maximum Gasteiger partial charge on any atom is 0.139 e. The highest BCUT2D eigenvalue weighted by molar-refractivity contribution is 5.87. The number of aryl methyl sites for hydroxylation is 1. The largest absolute Gasteiger partial charge is 0.508 e. The van der Waals surface area contributed by atoms with Crippen LogP contribution in [0.25, 0.3) is 0 Å². The average molecular weight is 412 g/mol. The van der Waals surface area contributed by atoms with Crippen molar-refractivity contribution in [3.8, 4) is 5.75 Å². The van der Waals surface area contributed by atoms with E-state index >= 15 is 0 Å². The van der Waals surface area contributed by atoms with Crippen LogP contribution in [-0.4, -0.2) is 28.9 Å². The third-order valence-electron chi connectivity index (χ3n) is 8.68. The molecule has 1 aromatic carbocycles. The van der Waals surface area contributed by atoms with Crippen LogP contribution in [-0.2, 0) is 17.8 Å². The summed E-state index contributed by atoms with van der Waals surface area (Å²) in [5.41, 5.74) is 3.90. The molecule has 1 N–H and O–H groups in total. The number of aromatic hydroxyl groups is 1. The van der Waals surface area contributed by atoms with E-state index in [0.29, 0.717) is 29.3 Å². The minimum Gasteiger partial charge on any atom is -0.508 e. The van der Waals surface area contributed by atoms with E-state index in [1.807, 2.05) is 0 Å². The second-order valence-electron chi connectivity index (χ2n) is 10.5. The second kappa shape index (κ2) is 9.02. The number of fused-ring (bicyclic) bond motifs is 5. The molecule has 0 aromatic heterocycles. The van der Waals surface area contributed by atoms with Gasteiger partial charge in [0.05, 0.1) is 0 Å². The monoisotopic (exact) mass is 411 g/mol. The molecular formula is C27H41NO2. The Morgan fingerprint density at radius 2 is 1.80 bits per heavy atom. The molecule has 3 heteroatoms. The van der Waals surface area contributed by atoms with Crippen molar-refractivity contribution in [1.29, 1.82) is 0 Å². The van der Waals surface area contributed by atoms with Gasteiger partial charge in [0.25, 0.3) is 0 Å². The number of Topliss-reactive ketones (excluding diaryl/α,β-unsaturated/α-hetero) is 1. The number of rotatable bonds is 8. The fourth-order valence-electron chi connectivity index (χ4n) is 6.83. The molecule has 0 spiro atoms. The standard InChI is InChI=1S/C27H41NO2/c1-4-6-14-28(15-7-5-2)18-20-16-23-19(17-25(20)29)8-9-22-21(23)12-13-27(3)24(22)10-11-26(27)30/h16-17,21-22,24,29H,4-15,18H2,1-3H3. The van der Waals surface area contributed by atoms with Crippen molar-refractivity contribution < 1.29 is 9.90 Å². The van der Waals surface area contributed by atoms with Gasteiger partial charge in [0.2, 0.25) is 0 Å². The second-order valence-corrected chi connectivity index (χ2v) is 10.5. The highest BCUT2D eigenvalue weighted by Crippen LogP contribution is 2.59. The lowest BCUT2D eigenvalue weighted by molar-refractivity contribution is -0.129. The molecule has 0 amide bonds. The van der Waals surface area contributed by atoms with Crippen LogP contribution in [0.2, 0.25) is 0 Å². The smallest absolute Gasteiger partial charge is 0.139 e. The van der Waals surface area contributed by atoms with Crippen LogP contribution in [0.15, 0.2) is 12.1 Å². The number of carbonyl (C=O) groups is 1. The van der Waals surface area contributed by atoms with Gasteiger partial charge in [0.1, 0.15) is 11.5 Å². The van der Waals surface area contributed by atoms with Gasteiger partial charge in [0.15, 0.2) is 0 Å². The van der Waals surface area contributed by atoms with Crippen molar-refractivity contribution >= 4 is 5.78 Å². The molecule has 3 aliphatic carbocycles. The van der Waals surface area contributed by atoms with Crippen LogP contribution < -0.4 is 0 Å². The number of phenols is 1. The summed E-state index contributed by atoms with van der Waals surface area (Å²) in [6.07, 6.45) is 11.2. The van der Waals surface area contributed by atoms with Gasteiger partial charge in [-0.05, 0) is 93.0 Å². The zero-order valence-electron chi connectivity index (χ0n) is 19.4. The van der Waals surface area contributed by atoms with E-state index in [1.165, 1.54) is 43.2 Å². The molecule has 2 fully saturated rings. The Hall–Kier alpha value is -1.35. The zero-order valence-corrected chi connectivity index (χ0v) is 19.4. The number of hydrogen-bond acceptors (Lipinski definition) is 3. The fourth-order valence-corrected chi connectivity index (χ4v) is 6.83. The normalized spacial score (nSPS) is 30.3. The minimum absolute atomic E-state index is 0.0600. The molecule has 0 bridgehead atoms. The molecule has 3 aliphatic rings. The van der Waals surface area contributed by atoms with Gasteiger partial charge in [-0.3, -0.25) is 9.69 Å². The van der Waals surface area contributed by atoms with E-state index in [2.05, 4.69) is 37.8 Å². The number of unbranched alkanes of at least 4 members (excludes halogenated alkanes) is 2. The first-order valence-electron chi connectivity index (χ1n) is 12.6. The van der Waals surface area contributed by atoms with Gasteiger partial charge < -0.3 is 5.11 Å². The van der Waals surface area contributed by atoms with Gasteiger partial charge in [-0.2, -0.15) is 0 Å². The third-order valence-corrected chi connectivity index (χ3v) is 8.68. The molecule has 4 atom stereocenters. The predicted molar refractivity (Wildman–Crippen MR) is 123 cm³/mol. The van der Waals surface area contributed by atoms with Crippen molar-refractivity contribution in [1.82, 2.24) is 4.90 Å². The van der Waals surface area contributed by atoms with E-state index in [-0.39, 0.29) is 5.41 Å². The van der Waals surface area contributed by atoms with Crippen LogP contribution >= 0.6 is 0 Å².